The number of carboxylic acids is 1. The van der Waals surface area contributed by atoms with Gasteiger partial charge >= 0.3 is 12.1 Å². The lowest BCUT2D eigenvalue weighted by molar-refractivity contribution is -0.151. The van der Waals surface area contributed by atoms with Crippen LogP contribution in [0.3, 0.4) is 0 Å². The number of aromatic hydroxyl groups is 1. The van der Waals surface area contributed by atoms with Gasteiger partial charge in [0.05, 0.1) is 0 Å². The minimum atomic E-state index is -2.13. The summed E-state index contributed by atoms with van der Waals surface area (Å²) in [6.07, 6.45) is -3.02. The van der Waals surface area contributed by atoms with E-state index in [1.54, 1.807) is 12.1 Å². The highest BCUT2D eigenvalue weighted by molar-refractivity contribution is 5.89. The summed E-state index contributed by atoms with van der Waals surface area (Å²) >= 11 is 0. The maximum Gasteiger partial charge on any atom is 0.407 e. The van der Waals surface area contributed by atoms with E-state index >= 15 is 0 Å². The summed E-state index contributed by atoms with van der Waals surface area (Å²) in [7, 11) is 0. The van der Waals surface area contributed by atoms with Gasteiger partial charge in [-0.05, 0) is 39.9 Å². The number of amides is 2. The molecule has 3 aromatic carbocycles. The maximum absolute atomic E-state index is 12.7. The number of fused-ring (bicyclic) bond motifs is 3. The monoisotopic (exact) mass is 476 g/mol. The van der Waals surface area contributed by atoms with E-state index < -0.39 is 30.2 Å². The molecule has 0 spiro atoms. The molecule has 9 nitrogen and oxygen atoms in total. The number of carbonyl (C=O) groups excluding carboxylic acids is 2. The van der Waals surface area contributed by atoms with Gasteiger partial charge in [0.15, 0.2) is 0 Å². The van der Waals surface area contributed by atoms with Crippen molar-refractivity contribution in [3.05, 3.63) is 89.5 Å². The molecule has 1 aliphatic rings. The van der Waals surface area contributed by atoms with Crippen LogP contribution in [-0.2, 0) is 20.7 Å². The molecule has 180 valence electrons. The molecular formula is C26H24N2O7. The highest BCUT2D eigenvalue weighted by atomic mass is 16.5. The zero-order chi connectivity index (χ0) is 24.9. The van der Waals surface area contributed by atoms with Crippen LogP contribution in [0.25, 0.3) is 11.1 Å². The van der Waals surface area contributed by atoms with Gasteiger partial charge in [-0.15, -0.1) is 0 Å². The van der Waals surface area contributed by atoms with Crippen molar-refractivity contribution in [3.63, 3.8) is 0 Å². The number of aliphatic hydroxyl groups excluding tert-OH is 1. The van der Waals surface area contributed by atoms with Crippen LogP contribution in [0.2, 0.25) is 0 Å². The van der Waals surface area contributed by atoms with Crippen molar-refractivity contribution in [1.29, 1.82) is 0 Å². The Labute approximate surface area is 201 Å². The summed E-state index contributed by atoms with van der Waals surface area (Å²) < 4.78 is 5.48. The molecule has 3 aromatic rings. The average molecular weight is 476 g/mol. The predicted octanol–water partition coefficient (Wildman–Crippen LogP) is 2.36. The zero-order valence-electron chi connectivity index (χ0n) is 18.5. The minimum absolute atomic E-state index is 0.0252. The molecule has 35 heavy (non-hydrogen) atoms. The summed E-state index contributed by atoms with van der Waals surface area (Å²) in [5.41, 5.74) is 4.80. The first-order valence-electron chi connectivity index (χ1n) is 10.9. The van der Waals surface area contributed by atoms with Gasteiger partial charge in [0, 0.05) is 12.3 Å². The van der Waals surface area contributed by atoms with E-state index in [-0.39, 0.29) is 24.7 Å². The molecule has 5 N–H and O–H groups in total. The number of hydrogen-bond acceptors (Lipinski definition) is 6. The minimum Gasteiger partial charge on any atom is -0.508 e. The van der Waals surface area contributed by atoms with E-state index in [9.17, 15) is 24.6 Å². The Hall–Kier alpha value is -4.37. The number of aliphatic hydroxyl groups is 1. The molecule has 0 radical (unpaired) electrons. The van der Waals surface area contributed by atoms with Crippen molar-refractivity contribution < 1.29 is 34.4 Å². The average Bonchev–Trinajstić information content (AvgIpc) is 3.17. The van der Waals surface area contributed by atoms with Crippen LogP contribution in [-0.4, -0.2) is 52.2 Å². The lowest BCUT2D eigenvalue weighted by atomic mass is 9.98. The Morgan fingerprint density at radius 1 is 0.857 bits per heavy atom. The van der Waals surface area contributed by atoms with Crippen LogP contribution in [0, 0.1) is 0 Å². The lowest BCUT2D eigenvalue weighted by Gasteiger charge is -2.20. The molecule has 1 aliphatic carbocycles. The molecule has 0 fully saturated rings. The second kappa shape index (κ2) is 10.3. The van der Waals surface area contributed by atoms with Crippen LogP contribution in [0.4, 0.5) is 4.79 Å². The lowest BCUT2D eigenvalue weighted by Crippen LogP contribution is -2.52. The number of alkyl carbamates (subject to hydrolysis) is 1. The van der Waals surface area contributed by atoms with E-state index in [2.05, 4.69) is 5.32 Å². The molecule has 2 amide bonds. The molecule has 0 aromatic heterocycles. The number of carboxylic acid groups (broad SMARTS) is 1. The summed E-state index contributed by atoms with van der Waals surface area (Å²) in [5, 5.41) is 32.2. The van der Waals surface area contributed by atoms with Gasteiger partial charge in [0.1, 0.15) is 18.4 Å². The standard InChI is InChI=1S/C26H24N2O7/c29-16-11-9-15(10-12-16)13-22(23(30)28-24(31)25(32)33)27-26(34)35-14-21-19-7-3-1-5-17(19)18-6-2-4-8-20(18)21/h1-12,21-22,24,29,31H,13-14H2,(H,27,34)(H,28,30)(H,32,33)/t22-,24-/m0/s1. The fraction of sp³-hybridized carbons (Fsp3) is 0.192. The van der Waals surface area contributed by atoms with Crippen LogP contribution in [0.15, 0.2) is 72.8 Å². The van der Waals surface area contributed by atoms with E-state index in [0.717, 1.165) is 22.3 Å². The van der Waals surface area contributed by atoms with Gasteiger partial charge in [-0.3, -0.25) is 4.79 Å². The third-order valence-corrected chi connectivity index (χ3v) is 5.84. The maximum atomic E-state index is 12.7. The van der Waals surface area contributed by atoms with Crippen molar-refractivity contribution in [3.8, 4) is 16.9 Å². The SMILES string of the molecule is O=C(N[C@@H](Cc1ccc(O)cc1)C(=O)N[C@@H](O)C(=O)O)OCC1c2ccccc2-c2ccccc21. The van der Waals surface area contributed by atoms with Crippen molar-refractivity contribution in [2.75, 3.05) is 6.61 Å². The van der Waals surface area contributed by atoms with E-state index in [1.165, 1.54) is 12.1 Å². The van der Waals surface area contributed by atoms with Gasteiger partial charge < -0.3 is 30.7 Å². The molecule has 0 saturated heterocycles. The van der Waals surface area contributed by atoms with E-state index in [1.807, 2.05) is 53.8 Å². The fourth-order valence-electron chi connectivity index (χ4n) is 4.16. The molecule has 2 atom stereocenters. The fourth-order valence-corrected chi connectivity index (χ4v) is 4.16. The summed E-state index contributed by atoms with van der Waals surface area (Å²) in [5.74, 6) is -2.68. The van der Waals surface area contributed by atoms with E-state index in [4.69, 9.17) is 9.84 Å². The molecule has 0 heterocycles. The van der Waals surface area contributed by atoms with Crippen LogP contribution >= 0.6 is 0 Å². The smallest absolute Gasteiger partial charge is 0.407 e. The van der Waals surface area contributed by atoms with Gasteiger partial charge in [-0.2, -0.15) is 0 Å². The van der Waals surface area contributed by atoms with Crippen LogP contribution < -0.4 is 10.6 Å². The highest BCUT2D eigenvalue weighted by Crippen LogP contribution is 2.44. The van der Waals surface area contributed by atoms with Crippen molar-refractivity contribution in [2.24, 2.45) is 0 Å². The Kier molecular flexibility index (Phi) is 6.98. The number of rotatable bonds is 8. The first-order valence-corrected chi connectivity index (χ1v) is 10.9. The highest BCUT2D eigenvalue weighted by Gasteiger charge is 2.30. The third-order valence-electron chi connectivity index (χ3n) is 5.84. The molecule has 0 saturated carbocycles. The van der Waals surface area contributed by atoms with Gasteiger partial charge in [-0.1, -0.05) is 60.7 Å². The van der Waals surface area contributed by atoms with Gasteiger partial charge in [0.2, 0.25) is 12.1 Å². The van der Waals surface area contributed by atoms with Crippen LogP contribution in [0.1, 0.15) is 22.6 Å². The molecule has 0 bridgehead atoms. The van der Waals surface area contributed by atoms with Crippen LogP contribution in [0.5, 0.6) is 5.75 Å². The number of phenolic OH excluding ortho intramolecular Hbond substituents is 1. The zero-order valence-corrected chi connectivity index (χ0v) is 18.5. The number of phenols is 1. The summed E-state index contributed by atoms with van der Waals surface area (Å²) in [6.45, 7) is 0.0329. The molecule has 9 heteroatoms. The molecule has 0 unspecified atom stereocenters. The molecule has 4 rings (SSSR count). The van der Waals surface area contributed by atoms with Gasteiger partial charge in [0.25, 0.3) is 0 Å². The van der Waals surface area contributed by atoms with Crippen molar-refractivity contribution >= 4 is 18.0 Å². The number of benzene rings is 3. The second-order valence-electron chi connectivity index (χ2n) is 8.14. The number of hydrogen-bond donors (Lipinski definition) is 5. The third kappa shape index (κ3) is 5.42. The first-order chi connectivity index (χ1) is 16.8. The second-order valence-corrected chi connectivity index (χ2v) is 8.14. The first kappa shape index (κ1) is 23.8. The van der Waals surface area contributed by atoms with Crippen molar-refractivity contribution in [1.82, 2.24) is 10.6 Å². The summed E-state index contributed by atoms with van der Waals surface area (Å²) in [4.78, 5) is 36.2. The van der Waals surface area contributed by atoms with Gasteiger partial charge in [-0.25, -0.2) is 9.59 Å². The normalized spacial score (nSPS) is 13.7. The van der Waals surface area contributed by atoms with Crippen molar-refractivity contribution in [2.45, 2.75) is 24.6 Å². The topological polar surface area (TPSA) is 145 Å². The summed E-state index contributed by atoms with van der Waals surface area (Å²) in [6, 6.07) is 20.5. The Morgan fingerprint density at radius 2 is 1.43 bits per heavy atom. The molecular weight excluding hydrogens is 452 g/mol. The Balaban J connectivity index is 1.46. The molecule has 0 aliphatic heterocycles. The number of ether oxygens (including phenoxy) is 1. The number of nitrogens with one attached hydrogen (secondary N) is 2. The number of aliphatic carboxylic acids is 1. The Bertz CT molecular complexity index is 1200. The largest absolute Gasteiger partial charge is 0.508 e. The quantitative estimate of drug-likeness (QED) is 0.314. The number of carbonyl (C=O) groups is 3. The Morgan fingerprint density at radius 3 is 2.00 bits per heavy atom. The van der Waals surface area contributed by atoms with E-state index in [0.29, 0.717) is 5.56 Å². The predicted molar refractivity (Wildman–Crippen MR) is 126 cm³/mol.